The van der Waals surface area contributed by atoms with Crippen LogP contribution in [0.3, 0.4) is 0 Å². The van der Waals surface area contributed by atoms with Crippen LogP contribution < -0.4 is 5.32 Å². The van der Waals surface area contributed by atoms with Gasteiger partial charge in [0.2, 0.25) is 0 Å². The summed E-state index contributed by atoms with van der Waals surface area (Å²) in [6.07, 6.45) is 1.48. The molecule has 0 saturated carbocycles. The molecule has 0 aliphatic rings. The number of aromatic nitrogens is 2. The predicted octanol–water partition coefficient (Wildman–Crippen LogP) is 1.75. The van der Waals surface area contributed by atoms with Crippen molar-refractivity contribution in [3.05, 3.63) is 46.6 Å². The minimum absolute atomic E-state index is 0.0947. The van der Waals surface area contributed by atoms with Crippen LogP contribution >= 0.6 is 0 Å². The third-order valence-corrected chi connectivity index (χ3v) is 3.27. The summed E-state index contributed by atoms with van der Waals surface area (Å²) >= 11 is 0. The lowest BCUT2D eigenvalue weighted by molar-refractivity contribution is 0.0690. The van der Waals surface area contributed by atoms with Crippen LogP contribution in [-0.4, -0.2) is 33.7 Å². The van der Waals surface area contributed by atoms with Crippen molar-refractivity contribution in [1.29, 1.82) is 0 Å². The van der Waals surface area contributed by atoms with Crippen molar-refractivity contribution in [2.75, 3.05) is 6.54 Å². The van der Waals surface area contributed by atoms with Crippen molar-refractivity contribution >= 4 is 11.9 Å². The highest BCUT2D eigenvalue weighted by molar-refractivity contribution is 5.94. The molecule has 2 aromatic rings. The van der Waals surface area contributed by atoms with E-state index in [2.05, 4.69) is 15.5 Å². The van der Waals surface area contributed by atoms with Crippen LogP contribution in [0.5, 0.6) is 0 Å². The Hall–Kier alpha value is -2.70. The Labute approximate surface area is 127 Å². The number of aromatic carboxylic acids is 1. The van der Waals surface area contributed by atoms with Gasteiger partial charge >= 0.3 is 5.97 Å². The Morgan fingerprint density at radius 3 is 2.64 bits per heavy atom. The van der Waals surface area contributed by atoms with Crippen molar-refractivity contribution < 1.29 is 19.2 Å². The first-order chi connectivity index (χ1) is 10.5. The summed E-state index contributed by atoms with van der Waals surface area (Å²) in [5.41, 5.74) is 1.86. The van der Waals surface area contributed by atoms with E-state index in [-0.39, 0.29) is 17.3 Å². The molecule has 2 rings (SSSR count). The van der Waals surface area contributed by atoms with Gasteiger partial charge in [-0.3, -0.25) is 4.79 Å². The second-order valence-corrected chi connectivity index (χ2v) is 4.88. The monoisotopic (exact) mass is 303 g/mol. The van der Waals surface area contributed by atoms with E-state index in [0.717, 1.165) is 29.9 Å². The third kappa shape index (κ3) is 3.69. The highest BCUT2D eigenvalue weighted by Gasteiger charge is 2.12. The Bertz CT molecular complexity index is 674. The molecule has 0 aliphatic carbocycles. The molecule has 7 nitrogen and oxygen atoms in total. The zero-order valence-corrected chi connectivity index (χ0v) is 12.4. The van der Waals surface area contributed by atoms with Crippen molar-refractivity contribution in [1.82, 2.24) is 15.5 Å². The number of aryl methyl sites for hydroxylation is 2. The smallest absolute Gasteiger partial charge is 0.354 e. The standard InChI is InChI=1S/C15H17N3O4/c1-9-11(10(2)22-18-9)5-4-8-16-14(19)12-6-3-7-13(17-12)15(20)21/h3,6-7H,4-5,8H2,1-2H3,(H,16,19)(H,20,21). The number of carbonyl (C=O) groups excluding carboxylic acids is 1. The molecule has 2 N–H and O–H groups in total. The quantitative estimate of drug-likeness (QED) is 0.788. The molecule has 0 saturated heterocycles. The molecule has 0 aromatic carbocycles. The van der Waals surface area contributed by atoms with E-state index in [0.29, 0.717) is 6.54 Å². The fourth-order valence-electron chi connectivity index (χ4n) is 2.10. The van der Waals surface area contributed by atoms with Gasteiger partial charge in [-0.25, -0.2) is 9.78 Å². The van der Waals surface area contributed by atoms with Gasteiger partial charge in [-0.15, -0.1) is 0 Å². The summed E-state index contributed by atoms with van der Waals surface area (Å²) in [4.78, 5) is 26.5. The lowest BCUT2D eigenvalue weighted by Crippen LogP contribution is -2.26. The first-order valence-corrected chi connectivity index (χ1v) is 6.89. The van der Waals surface area contributed by atoms with Gasteiger partial charge in [0.05, 0.1) is 5.69 Å². The van der Waals surface area contributed by atoms with Gasteiger partial charge in [0.1, 0.15) is 17.1 Å². The minimum Gasteiger partial charge on any atom is -0.477 e. The molecular weight excluding hydrogens is 286 g/mol. The molecule has 0 spiro atoms. The summed E-state index contributed by atoms with van der Waals surface area (Å²) in [5, 5.41) is 15.5. The number of hydrogen-bond acceptors (Lipinski definition) is 5. The van der Waals surface area contributed by atoms with Crippen molar-refractivity contribution in [2.45, 2.75) is 26.7 Å². The topological polar surface area (TPSA) is 105 Å². The van der Waals surface area contributed by atoms with Crippen LogP contribution in [0, 0.1) is 13.8 Å². The van der Waals surface area contributed by atoms with Crippen LogP contribution in [-0.2, 0) is 6.42 Å². The largest absolute Gasteiger partial charge is 0.477 e. The van der Waals surface area contributed by atoms with Gasteiger partial charge in [-0.05, 0) is 38.8 Å². The summed E-state index contributed by atoms with van der Waals surface area (Å²) in [7, 11) is 0. The molecule has 22 heavy (non-hydrogen) atoms. The van der Waals surface area contributed by atoms with Gasteiger partial charge in [0.25, 0.3) is 5.91 Å². The summed E-state index contributed by atoms with van der Waals surface area (Å²) < 4.78 is 5.08. The Morgan fingerprint density at radius 1 is 1.27 bits per heavy atom. The van der Waals surface area contributed by atoms with E-state index in [1.165, 1.54) is 18.2 Å². The number of amides is 1. The lowest BCUT2D eigenvalue weighted by atomic mass is 10.1. The molecule has 0 aliphatic heterocycles. The van der Waals surface area contributed by atoms with Gasteiger partial charge in [0.15, 0.2) is 0 Å². The van der Waals surface area contributed by atoms with Crippen LogP contribution in [0.25, 0.3) is 0 Å². The van der Waals surface area contributed by atoms with E-state index < -0.39 is 5.97 Å². The van der Waals surface area contributed by atoms with Gasteiger partial charge in [-0.1, -0.05) is 11.2 Å². The van der Waals surface area contributed by atoms with Crippen molar-refractivity contribution in [3.63, 3.8) is 0 Å². The molecule has 116 valence electrons. The van der Waals surface area contributed by atoms with Crippen molar-refractivity contribution in [3.8, 4) is 0 Å². The molecule has 0 unspecified atom stereocenters. The van der Waals surface area contributed by atoms with Crippen molar-refractivity contribution in [2.24, 2.45) is 0 Å². The van der Waals surface area contributed by atoms with Gasteiger partial charge < -0.3 is 14.9 Å². The van der Waals surface area contributed by atoms with E-state index >= 15 is 0 Å². The first-order valence-electron chi connectivity index (χ1n) is 6.89. The minimum atomic E-state index is -1.16. The zero-order chi connectivity index (χ0) is 16.1. The number of rotatable bonds is 6. The number of carboxylic acid groups (broad SMARTS) is 1. The molecule has 2 aromatic heterocycles. The molecule has 0 fully saturated rings. The fraction of sp³-hybridized carbons (Fsp3) is 0.333. The number of hydrogen-bond donors (Lipinski definition) is 2. The predicted molar refractivity (Wildman–Crippen MR) is 77.8 cm³/mol. The van der Waals surface area contributed by atoms with Crippen LogP contribution in [0.2, 0.25) is 0 Å². The maximum atomic E-state index is 11.9. The highest BCUT2D eigenvalue weighted by atomic mass is 16.5. The van der Waals surface area contributed by atoms with Gasteiger partial charge in [0, 0.05) is 12.1 Å². The summed E-state index contributed by atoms with van der Waals surface area (Å²) in [6.45, 7) is 4.20. The Kier molecular flexibility index (Phi) is 4.88. The molecule has 0 radical (unpaired) electrons. The number of carboxylic acids is 1. The molecule has 0 bridgehead atoms. The van der Waals surface area contributed by atoms with E-state index in [1.807, 2.05) is 13.8 Å². The lowest BCUT2D eigenvalue weighted by Gasteiger charge is -2.05. The number of pyridine rings is 1. The second kappa shape index (κ2) is 6.84. The maximum Gasteiger partial charge on any atom is 0.354 e. The number of nitrogens with zero attached hydrogens (tertiary/aromatic N) is 2. The fourth-order valence-corrected chi connectivity index (χ4v) is 2.10. The number of carbonyl (C=O) groups is 2. The average Bonchev–Trinajstić information content (AvgIpc) is 2.82. The highest BCUT2D eigenvalue weighted by Crippen LogP contribution is 2.13. The average molecular weight is 303 g/mol. The van der Waals surface area contributed by atoms with Gasteiger partial charge in [-0.2, -0.15) is 0 Å². The molecule has 2 heterocycles. The molecule has 0 atom stereocenters. The summed E-state index contributed by atoms with van der Waals surface area (Å²) in [5.74, 6) is -0.755. The van der Waals surface area contributed by atoms with Crippen LogP contribution in [0.4, 0.5) is 0 Å². The Balaban J connectivity index is 1.86. The third-order valence-electron chi connectivity index (χ3n) is 3.27. The maximum absolute atomic E-state index is 11.9. The zero-order valence-electron chi connectivity index (χ0n) is 12.4. The number of nitrogens with one attached hydrogen (secondary N) is 1. The summed E-state index contributed by atoms with van der Waals surface area (Å²) in [6, 6.07) is 4.32. The normalized spacial score (nSPS) is 10.5. The molecule has 1 amide bonds. The molecule has 7 heteroatoms. The molecular formula is C15H17N3O4. The van der Waals surface area contributed by atoms with Crippen LogP contribution in [0.15, 0.2) is 22.7 Å². The van der Waals surface area contributed by atoms with E-state index in [1.54, 1.807) is 0 Å². The van der Waals surface area contributed by atoms with Crippen LogP contribution in [0.1, 0.15) is 44.4 Å². The first kappa shape index (κ1) is 15.7. The SMILES string of the molecule is Cc1noc(C)c1CCCNC(=O)c1cccc(C(=O)O)n1. The van der Waals surface area contributed by atoms with E-state index in [9.17, 15) is 9.59 Å². The Morgan fingerprint density at radius 2 is 2.00 bits per heavy atom. The second-order valence-electron chi connectivity index (χ2n) is 4.88. The van der Waals surface area contributed by atoms with E-state index in [4.69, 9.17) is 9.63 Å².